The van der Waals surface area contributed by atoms with Crippen molar-refractivity contribution in [2.24, 2.45) is 11.8 Å². The quantitative estimate of drug-likeness (QED) is 0.820. The number of methoxy groups -OCH3 is 1. The van der Waals surface area contributed by atoms with Gasteiger partial charge in [0.05, 0.1) is 12.8 Å². The maximum atomic E-state index is 5.54. The number of halogens is 1. The molecule has 0 amide bonds. The summed E-state index contributed by atoms with van der Waals surface area (Å²) in [7, 11) is 1.75. The van der Waals surface area contributed by atoms with Gasteiger partial charge in [0.15, 0.2) is 0 Å². The Morgan fingerprint density at radius 1 is 1.15 bits per heavy atom. The Balaban J connectivity index is 1.73. The highest BCUT2D eigenvalue weighted by Gasteiger charge is 2.34. The van der Waals surface area contributed by atoms with Gasteiger partial charge >= 0.3 is 0 Å². The van der Waals surface area contributed by atoms with Crippen LogP contribution in [-0.4, -0.2) is 13.2 Å². The predicted octanol–water partition coefficient (Wildman–Crippen LogP) is 5.15. The van der Waals surface area contributed by atoms with Gasteiger partial charge in [-0.2, -0.15) is 0 Å². The van der Waals surface area contributed by atoms with Crippen LogP contribution in [-0.2, 0) is 0 Å². The van der Waals surface area contributed by atoms with E-state index in [1.165, 1.54) is 49.8 Å². The second-order valence-corrected chi connectivity index (χ2v) is 7.32. The number of benzene rings is 1. The average molecular weight is 338 g/mol. The van der Waals surface area contributed by atoms with E-state index in [2.05, 4.69) is 40.3 Å². The highest BCUT2D eigenvalue weighted by Crippen LogP contribution is 2.45. The van der Waals surface area contributed by atoms with Crippen molar-refractivity contribution in [1.82, 2.24) is 0 Å². The van der Waals surface area contributed by atoms with E-state index in [1.807, 2.05) is 0 Å². The normalized spacial score (nSPS) is 26.4. The van der Waals surface area contributed by atoms with E-state index in [1.54, 1.807) is 7.11 Å². The molecule has 3 heteroatoms. The highest BCUT2D eigenvalue weighted by atomic mass is 79.9. The Bertz CT molecular complexity index is 484. The molecule has 2 atom stereocenters. The first-order valence-electron chi connectivity index (χ1n) is 7.78. The Hall–Kier alpha value is -0.700. The third-order valence-electron chi connectivity index (χ3n) is 4.84. The average Bonchev–Trinajstić information content (AvgIpc) is 3.26. The summed E-state index contributed by atoms with van der Waals surface area (Å²) < 4.78 is 6.62. The zero-order chi connectivity index (χ0) is 14.1. The van der Waals surface area contributed by atoms with Gasteiger partial charge in [-0.15, -0.1) is 0 Å². The fourth-order valence-electron chi connectivity index (χ4n) is 3.62. The van der Waals surface area contributed by atoms with E-state index in [0.29, 0.717) is 6.04 Å². The molecule has 2 aliphatic carbocycles. The minimum Gasteiger partial charge on any atom is -0.495 e. The van der Waals surface area contributed by atoms with Crippen LogP contribution < -0.4 is 10.1 Å². The smallest absolute Gasteiger partial charge is 0.143 e. The van der Waals surface area contributed by atoms with Crippen molar-refractivity contribution in [2.75, 3.05) is 12.4 Å². The predicted molar refractivity (Wildman–Crippen MR) is 87.5 cm³/mol. The molecule has 110 valence electrons. The number of rotatable bonds is 4. The van der Waals surface area contributed by atoms with Gasteiger partial charge < -0.3 is 10.1 Å². The van der Waals surface area contributed by atoms with Gasteiger partial charge in [-0.05, 0) is 62.1 Å². The molecule has 2 saturated carbocycles. The van der Waals surface area contributed by atoms with E-state index in [-0.39, 0.29) is 0 Å². The first-order chi connectivity index (χ1) is 9.67. The van der Waals surface area contributed by atoms with E-state index < -0.39 is 0 Å². The Kier molecular flexibility index (Phi) is 4.25. The first kappa shape index (κ1) is 14.2. The Morgan fingerprint density at radius 2 is 1.95 bits per heavy atom. The fraction of sp³-hybridized carbons (Fsp3) is 0.647. The molecular formula is C17H24BrNO. The molecule has 0 spiro atoms. The lowest BCUT2D eigenvalue weighted by atomic mass is 9.82. The van der Waals surface area contributed by atoms with Crippen molar-refractivity contribution < 1.29 is 4.74 Å². The molecule has 3 rings (SSSR count). The minimum absolute atomic E-state index is 0.614. The van der Waals surface area contributed by atoms with Crippen LogP contribution in [0, 0.1) is 18.8 Å². The van der Waals surface area contributed by atoms with Crippen LogP contribution >= 0.6 is 15.9 Å². The van der Waals surface area contributed by atoms with Crippen molar-refractivity contribution in [2.45, 2.75) is 51.5 Å². The number of nitrogens with one attached hydrogen (secondary N) is 1. The zero-order valence-corrected chi connectivity index (χ0v) is 14.0. The molecule has 2 aliphatic rings. The molecule has 0 saturated heterocycles. The van der Waals surface area contributed by atoms with Crippen LogP contribution in [0.4, 0.5) is 5.69 Å². The second-order valence-electron chi connectivity index (χ2n) is 6.41. The molecule has 1 aromatic rings. The van der Waals surface area contributed by atoms with Gasteiger partial charge in [0.25, 0.3) is 0 Å². The standard InChI is InChI=1S/C17H24BrNO/c1-11-8-14(18)10-16(20-2)17(11)19-15-5-3-4-13(9-15)12-6-7-12/h8,10,12-13,15,19H,3-7,9H2,1-2H3. The molecule has 2 unspecified atom stereocenters. The van der Waals surface area contributed by atoms with Crippen molar-refractivity contribution in [3.8, 4) is 5.75 Å². The van der Waals surface area contributed by atoms with E-state index >= 15 is 0 Å². The Labute approximate surface area is 130 Å². The number of hydrogen-bond acceptors (Lipinski definition) is 2. The summed E-state index contributed by atoms with van der Waals surface area (Å²) in [6, 6.07) is 4.82. The maximum absolute atomic E-state index is 5.54. The lowest BCUT2D eigenvalue weighted by molar-refractivity contribution is 0.302. The molecule has 0 aromatic heterocycles. The largest absolute Gasteiger partial charge is 0.495 e. The lowest BCUT2D eigenvalue weighted by Gasteiger charge is -2.31. The van der Waals surface area contributed by atoms with E-state index in [4.69, 9.17) is 4.74 Å². The summed E-state index contributed by atoms with van der Waals surface area (Å²) in [5.74, 6) is 2.95. The number of hydrogen-bond donors (Lipinski definition) is 1. The van der Waals surface area contributed by atoms with Gasteiger partial charge in [-0.1, -0.05) is 28.8 Å². The van der Waals surface area contributed by atoms with E-state index in [0.717, 1.165) is 22.1 Å². The number of aryl methyl sites for hydroxylation is 1. The monoisotopic (exact) mass is 337 g/mol. The van der Waals surface area contributed by atoms with Crippen molar-refractivity contribution in [3.05, 3.63) is 22.2 Å². The van der Waals surface area contributed by atoms with Gasteiger partial charge in [-0.3, -0.25) is 0 Å². The molecule has 2 nitrogen and oxygen atoms in total. The molecule has 1 N–H and O–H groups in total. The van der Waals surface area contributed by atoms with Gasteiger partial charge in [-0.25, -0.2) is 0 Å². The fourth-order valence-corrected chi connectivity index (χ4v) is 4.17. The van der Waals surface area contributed by atoms with Crippen LogP contribution in [0.1, 0.15) is 44.1 Å². The molecule has 20 heavy (non-hydrogen) atoms. The zero-order valence-electron chi connectivity index (χ0n) is 12.4. The molecular weight excluding hydrogens is 314 g/mol. The lowest BCUT2D eigenvalue weighted by Crippen LogP contribution is -2.28. The first-order valence-corrected chi connectivity index (χ1v) is 8.57. The van der Waals surface area contributed by atoms with Crippen LogP contribution in [0.25, 0.3) is 0 Å². The molecule has 0 heterocycles. The third-order valence-corrected chi connectivity index (χ3v) is 5.29. The summed E-state index contributed by atoms with van der Waals surface area (Å²) in [5, 5.41) is 3.76. The van der Waals surface area contributed by atoms with Gasteiger partial charge in [0.2, 0.25) is 0 Å². The maximum Gasteiger partial charge on any atom is 0.143 e. The SMILES string of the molecule is COc1cc(Br)cc(C)c1NC1CCCC(C2CC2)C1. The van der Waals surface area contributed by atoms with Crippen LogP contribution in [0.15, 0.2) is 16.6 Å². The summed E-state index contributed by atoms with van der Waals surface area (Å²) in [6.45, 7) is 2.15. The molecule has 0 radical (unpaired) electrons. The summed E-state index contributed by atoms with van der Waals surface area (Å²) in [6.07, 6.45) is 8.39. The number of anilines is 1. The summed E-state index contributed by atoms with van der Waals surface area (Å²) in [5.41, 5.74) is 2.43. The minimum atomic E-state index is 0.614. The number of ether oxygens (including phenoxy) is 1. The Morgan fingerprint density at radius 3 is 2.65 bits per heavy atom. The van der Waals surface area contributed by atoms with Crippen molar-refractivity contribution in [1.29, 1.82) is 0 Å². The summed E-state index contributed by atoms with van der Waals surface area (Å²) in [4.78, 5) is 0. The third kappa shape index (κ3) is 3.13. The molecule has 1 aromatic carbocycles. The van der Waals surface area contributed by atoms with Crippen LogP contribution in [0.3, 0.4) is 0 Å². The van der Waals surface area contributed by atoms with Gasteiger partial charge in [0.1, 0.15) is 5.75 Å². The topological polar surface area (TPSA) is 21.3 Å². The van der Waals surface area contributed by atoms with Crippen LogP contribution in [0.5, 0.6) is 5.75 Å². The molecule has 0 bridgehead atoms. The van der Waals surface area contributed by atoms with Crippen LogP contribution in [0.2, 0.25) is 0 Å². The second kappa shape index (κ2) is 5.97. The van der Waals surface area contributed by atoms with Crippen molar-refractivity contribution >= 4 is 21.6 Å². The van der Waals surface area contributed by atoms with Crippen molar-refractivity contribution in [3.63, 3.8) is 0 Å². The molecule has 0 aliphatic heterocycles. The van der Waals surface area contributed by atoms with E-state index in [9.17, 15) is 0 Å². The summed E-state index contributed by atoms with van der Waals surface area (Å²) >= 11 is 3.54. The molecule has 2 fully saturated rings. The highest BCUT2D eigenvalue weighted by molar-refractivity contribution is 9.10. The van der Waals surface area contributed by atoms with Gasteiger partial charge in [0, 0.05) is 10.5 Å².